The summed E-state index contributed by atoms with van der Waals surface area (Å²) in [6.45, 7) is 0. The summed E-state index contributed by atoms with van der Waals surface area (Å²) in [4.78, 5) is 9.21. The van der Waals surface area contributed by atoms with E-state index in [1.165, 1.54) is 65.5 Å². The predicted molar refractivity (Wildman–Crippen MR) is 217 cm³/mol. The van der Waals surface area contributed by atoms with Gasteiger partial charge in [-0.25, -0.2) is 4.98 Å². The molecule has 0 bridgehead atoms. The van der Waals surface area contributed by atoms with Crippen molar-refractivity contribution in [2.75, 3.05) is 0 Å². The maximum Gasteiger partial charge on any atom is 0.147 e. The number of nitrogens with zero attached hydrogens (tertiary/aromatic N) is 3. The highest BCUT2D eigenvalue weighted by Crippen LogP contribution is 2.38. The summed E-state index contributed by atoms with van der Waals surface area (Å²) in [5.41, 5.74) is 9.88. The van der Waals surface area contributed by atoms with Crippen LogP contribution < -0.4 is 0 Å². The van der Waals surface area contributed by atoms with Crippen LogP contribution in [0.5, 0.6) is 5.75 Å². The van der Waals surface area contributed by atoms with Gasteiger partial charge < -0.3 is 5.11 Å². The van der Waals surface area contributed by atoms with Gasteiger partial charge in [-0.3, -0.25) is 9.38 Å². The van der Waals surface area contributed by atoms with E-state index in [9.17, 15) is 5.11 Å². The summed E-state index contributed by atoms with van der Waals surface area (Å²) < 4.78 is 2.36. The minimum atomic E-state index is 0.239. The predicted octanol–water partition coefficient (Wildman–Crippen LogP) is 12.4. The van der Waals surface area contributed by atoms with Crippen LogP contribution in [0.3, 0.4) is 0 Å². The topological polar surface area (TPSA) is 50.4 Å². The third-order valence-electron chi connectivity index (χ3n) is 10.1. The van der Waals surface area contributed by atoms with Crippen molar-refractivity contribution in [2.24, 2.45) is 0 Å². The van der Waals surface area contributed by atoms with E-state index in [2.05, 4.69) is 155 Å². The molecule has 4 heteroatoms. The first-order valence-electron chi connectivity index (χ1n) is 17.5. The molecule has 11 rings (SSSR count). The Morgan fingerprint density at radius 2 is 1.08 bits per heavy atom. The van der Waals surface area contributed by atoms with Gasteiger partial charge in [0, 0.05) is 22.4 Å². The molecular weight excluding hydrogens is 635 g/mol. The highest BCUT2D eigenvalue weighted by molar-refractivity contribution is 6.23. The number of para-hydroxylation sites is 3. The minimum Gasteiger partial charge on any atom is -0.506 e. The van der Waals surface area contributed by atoms with E-state index in [-0.39, 0.29) is 5.75 Å². The molecular formula is C48H31N3O. The van der Waals surface area contributed by atoms with Crippen molar-refractivity contribution in [2.45, 2.75) is 0 Å². The molecule has 0 spiro atoms. The number of benzene rings is 8. The molecule has 0 aliphatic heterocycles. The summed E-state index contributed by atoms with van der Waals surface area (Å²) in [5, 5.41) is 18.9. The zero-order valence-electron chi connectivity index (χ0n) is 28.1. The molecule has 0 amide bonds. The number of fused-ring (bicyclic) bond motifs is 12. The third kappa shape index (κ3) is 4.92. The van der Waals surface area contributed by atoms with Crippen molar-refractivity contribution in [1.82, 2.24) is 14.4 Å². The van der Waals surface area contributed by atoms with E-state index in [0.29, 0.717) is 5.52 Å². The molecule has 1 N–H and O–H groups in total. The Labute approximate surface area is 299 Å². The van der Waals surface area contributed by atoms with Crippen molar-refractivity contribution < 1.29 is 5.11 Å². The van der Waals surface area contributed by atoms with Crippen molar-refractivity contribution in [3.8, 4) is 28.0 Å². The van der Waals surface area contributed by atoms with Crippen LogP contribution in [-0.4, -0.2) is 19.5 Å². The number of phenolic OH excluding ortho intramolecular Hbond substituents is 1. The van der Waals surface area contributed by atoms with E-state index in [0.717, 1.165) is 22.1 Å². The molecule has 11 aromatic rings. The maximum atomic E-state index is 9.31. The number of hydrogen-bond acceptors (Lipinski definition) is 3. The summed E-state index contributed by atoms with van der Waals surface area (Å²) in [6, 6.07) is 61.7. The molecule has 0 saturated carbocycles. The zero-order valence-corrected chi connectivity index (χ0v) is 28.1. The molecule has 52 heavy (non-hydrogen) atoms. The maximum absolute atomic E-state index is 9.31. The van der Waals surface area contributed by atoms with Gasteiger partial charge in [-0.2, -0.15) is 0 Å². The third-order valence-corrected chi connectivity index (χ3v) is 10.1. The molecule has 0 aliphatic carbocycles. The quantitative estimate of drug-likeness (QED) is 0.187. The van der Waals surface area contributed by atoms with E-state index in [1.54, 1.807) is 18.3 Å². The molecule has 244 valence electrons. The Bertz CT molecular complexity index is 3140. The van der Waals surface area contributed by atoms with Gasteiger partial charge in [0.25, 0.3) is 0 Å². The second-order valence-electron chi connectivity index (χ2n) is 13.2. The Hall–Kier alpha value is -7.04. The van der Waals surface area contributed by atoms with Crippen LogP contribution in [0.1, 0.15) is 0 Å². The number of phenols is 1. The lowest BCUT2D eigenvalue weighted by molar-refractivity contribution is 0.480. The number of aromatic nitrogens is 3. The first-order valence-corrected chi connectivity index (χ1v) is 17.5. The first kappa shape index (κ1) is 29.8. The van der Waals surface area contributed by atoms with Crippen LogP contribution in [0.15, 0.2) is 182 Å². The largest absolute Gasteiger partial charge is 0.506 e. The van der Waals surface area contributed by atoms with E-state index >= 15 is 0 Å². The van der Waals surface area contributed by atoms with Crippen molar-refractivity contribution in [3.05, 3.63) is 182 Å². The number of hydrogen-bond donors (Lipinski definition) is 1. The fourth-order valence-corrected chi connectivity index (χ4v) is 7.62. The van der Waals surface area contributed by atoms with Crippen LogP contribution in [0.2, 0.25) is 0 Å². The first-order chi connectivity index (χ1) is 25.7. The molecule has 0 fully saturated rings. The lowest BCUT2D eigenvalue weighted by Crippen LogP contribution is -1.93. The Morgan fingerprint density at radius 3 is 1.92 bits per heavy atom. The Morgan fingerprint density at radius 1 is 0.423 bits per heavy atom. The molecule has 0 radical (unpaired) electrons. The minimum absolute atomic E-state index is 0.239. The average molecular weight is 666 g/mol. The summed E-state index contributed by atoms with van der Waals surface area (Å²) in [5.74, 6) is 0.239. The lowest BCUT2D eigenvalue weighted by atomic mass is 9.95. The van der Waals surface area contributed by atoms with Gasteiger partial charge >= 0.3 is 0 Å². The van der Waals surface area contributed by atoms with Crippen molar-refractivity contribution in [1.29, 1.82) is 0 Å². The van der Waals surface area contributed by atoms with E-state index in [1.807, 2.05) is 18.2 Å². The fraction of sp³-hybridized carbons (Fsp3) is 0. The normalized spacial score (nSPS) is 11.5. The van der Waals surface area contributed by atoms with Gasteiger partial charge in [-0.15, -0.1) is 0 Å². The summed E-state index contributed by atoms with van der Waals surface area (Å²) in [7, 11) is 0. The highest BCUT2D eigenvalue weighted by atomic mass is 16.3. The highest BCUT2D eigenvalue weighted by Gasteiger charge is 2.16. The van der Waals surface area contributed by atoms with Gasteiger partial charge in [0.2, 0.25) is 0 Å². The summed E-state index contributed by atoms with van der Waals surface area (Å²) in [6.07, 6.45) is 1.67. The van der Waals surface area contributed by atoms with Crippen molar-refractivity contribution >= 4 is 70.8 Å². The second-order valence-corrected chi connectivity index (χ2v) is 13.2. The molecule has 3 heterocycles. The zero-order chi connectivity index (χ0) is 34.6. The molecule has 0 aliphatic rings. The van der Waals surface area contributed by atoms with Crippen LogP contribution in [0.4, 0.5) is 0 Å². The van der Waals surface area contributed by atoms with Crippen LogP contribution in [-0.2, 0) is 0 Å². The fourth-order valence-electron chi connectivity index (χ4n) is 7.62. The van der Waals surface area contributed by atoms with Crippen molar-refractivity contribution in [3.63, 3.8) is 0 Å². The second kappa shape index (κ2) is 12.1. The van der Waals surface area contributed by atoms with Crippen LogP contribution in [0.25, 0.3) is 93.1 Å². The average Bonchev–Trinajstić information content (AvgIpc) is 3.61. The summed E-state index contributed by atoms with van der Waals surface area (Å²) >= 11 is 0. The molecule has 4 nitrogen and oxygen atoms in total. The number of imidazole rings is 1. The smallest absolute Gasteiger partial charge is 0.147 e. The monoisotopic (exact) mass is 665 g/mol. The molecule has 3 aromatic heterocycles. The van der Waals surface area contributed by atoms with Crippen LogP contribution in [0, 0.1) is 0 Å². The number of aromatic hydroxyl groups is 1. The van der Waals surface area contributed by atoms with E-state index < -0.39 is 0 Å². The SMILES string of the molecule is Oc1cccc2cccnc12.c1ccc(-c2ccc3cc(-c4ccc5c6ccc7ccccc7c6c6nc7ccccc7n6c5c4)ccc3c2)cc1. The van der Waals surface area contributed by atoms with E-state index in [4.69, 9.17) is 4.98 Å². The standard InChI is InChI=1S/C39H24N2.C9H7NO/c1-2-8-25(9-3-1)27-14-15-29-23-30(17-16-28(29)22-27)31-19-20-33-34-21-18-26-10-4-5-11-32(26)38(34)39-40-35-12-6-7-13-36(35)41(39)37(33)24-31;11-8-5-1-3-7-4-2-6-10-9(7)8/h1-24H;1-6,11H. The van der Waals surface area contributed by atoms with Gasteiger partial charge in [0.05, 0.1) is 16.6 Å². The van der Waals surface area contributed by atoms with Gasteiger partial charge in [-0.1, -0.05) is 133 Å². The van der Waals surface area contributed by atoms with Gasteiger partial charge in [0.1, 0.15) is 16.9 Å². The Balaban J connectivity index is 0.000000263. The lowest BCUT2D eigenvalue weighted by Gasteiger charge is -2.13. The molecule has 0 saturated heterocycles. The number of rotatable bonds is 2. The van der Waals surface area contributed by atoms with Gasteiger partial charge in [0.15, 0.2) is 0 Å². The Kier molecular flexibility index (Phi) is 6.93. The molecule has 8 aromatic carbocycles. The van der Waals surface area contributed by atoms with Gasteiger partial charge in [-0.05, 0) is 91.6 Å². The molecule has 0 unspecified atom stereocenters. The van der Waals surface area contributed by atoms with Crippen LogP contribution >= 0.6 is 0 Å². The molecule has 0 atom stereocenters. The number of pyridine rings is 2.